The van der Waals surface area contributed by atoms with Crippen molar-refractivity contribution in [2.45, 2.75) is 39.2 Å². The van der Waals surface area contributed by atoms with E-state index in [0.29, 0.717) is 43.7 Å². The Morgan fingerprint density at radius 1 is 1.26 bits per heavy atom. The predicted octanol–water partition coefficient (Wildman–Crippen LogP) is 2.78. The second-order valence-corrected chi connectivity index (χ2v) is 6.33. The largest absolute Gasteiger partial charge is 0.490 e. The Morgan fingerprint density at radius 2 is 2.04 bits per heavy atom. The Hall–Kier alpha value is -2.83. The molecule has 1 fully saturated rings. The van der Waals surface area contributed by atoms with Gasteiger partial charge in [-0.1, -0.05) is 6.07 Å². The van der Waals surface area contributed by atoms with Crippen molar-refractivity contribution in [2.24, 2.45) is 0 Å². The lowest BCUT2D eigenvalue weighted by atomic mass is 10.2. The Kier molecular flexibility index (Phi) is 6.46. The van der Waals surface area contributed by atoms with Gasteiger partial charge in [-0.2, -0.15) is 0 Å². The molecule has 0 spiro atoms. The molecule has 0 unspecified atom stereocenters. The third kappa shape index (κ3) is 5.32. The summed E-state index contributed by atoms with van der Waals surface area (Å²) in [4.78, 5) is 12.1. The molecule has 27 heavy (non-hydrogen) atoms. The zero-order chi connectivity index (χ0) is 19.1. The minimum Gasteiger partial charge on any atom is -0.490 e. The molecule has 0 saturated heterocycles. The summed E-state index contributed by atoms with van der Waals surface area (Å²) in [6.45, 7) is 5.52. The molecule has 7 nitrogen and oxygen atoms in total. The molecule has 1 aromatic carbocycles. The van der Waals surface area contributed by atoms with Crippen LogP contribution in [0.2, 0.25) is 0 Å². The zero-order valence-electron chi connectivity index (χ0n) is 15.9. The number of benzene rings is 1. The summed E-state index contributed by atoms with van der Waals surface area (Å²) >= 11 is 0. The van der Waals surface area contributed by atoms with Crippen molar-refractivity contribution < 1.29 is 14.3 Å². The van der Waals surface area contributed by atoms with Crippen LogP contribution in [0.25, 0.3) is 6.08 Å². The molecule has 0 bridgehead atoms. The van der Waals surface area contributed by atoms with Gasteiger partial charge in [0.05, 0.1) is 13.2 Å². The number of ether oxygens (including phenoxy) is 2. The molecule has 1 saturated carbocycles. The Balaban J connectivity index is 1.51. The second kappa shape index (κ2) is 9.21. The van der Waals surface area contributed by atoms with E-state index in [2.05, 4.69) is 20.1 Å². The van der Waals surface area contributed by atoms with Crippen molar-refractivity contribution in [3.63, 3.8) is 0 Å². The molecule has 0 atom stereocenters. The second-order valence-electron chi connectivity index (χ2n) is 6.33. The summed E-state index contributed by atoms with van der Waals surface area (Å²) in [7, 11) is 0. The van der Waals surface area contributed by atoms with Gasteiger partial charge in [0, 0.05) is 25.1 Å². The lowest BCUT2D eigenvalue weighted by molar-refractivity contribution is -0.116. The number of carbonyl (C=O) groups is 1. The molecular formula is C20H26N4O3. The third-order valence-electron chi connectivity index (χ3n) is 4.23. The van der Waals surface area contributed by atoms with Crippen LogP contribution < -0.4 is 14.8 Å². The Labute approximate surface area is 159 Å². The standard InChI is InChI=1S/C20H26N4O3/c1-3-26-17-9-5-15(13-18(17)27-4-2)6-10-20(25)21-12-11-19-23-22-14-24(19)16-7-8-16/h5-6,9-10,13-14,16H,3-4,7-8,11-12H2,1-2H3,(H,21,25). The lowest BCUT2D eigenvalue weighted by Gasteiger charge is -2.11. The highest BCUT2D eigenvalue weighted by atomic mass is 16.5. The zero-order valence-corrected chi connectivity index (χ0v) is 15.9. The SMILES string of the molecule is CCOc1ccc(C=CC(=O)NCCc2nncn2C2CC2)cc1OCC. The van der Waals surface area contributed by atoms with Crippen molar-refractivity contribution in [1.82, 2.24) is 20.1 Å². The summed E-state index contributed by atoms with van der Waals surface area (Å²) in [5.74, 6) is 2.18. The van der Waals surface area contributed by atoms with Crippen LogP contribution in [0, 0.1) is 0 Å². The quantitative estimate of drug-likeness (QED) is 0.651. The summed E-state index contributed by atoms with van der Waals surface area (Å²) in [6.07, 6.45) is 8.11. The Bertz CT molecular complexity index is 796. The molecule has 2 aromatic rings. The van der Waals surface area contributed by atoms with Gasteiger partial charge in [-0.3, -0.25) is 4.79 Å². The minimum absolute atomic E-state index is 0.140. The molecule has 3 rings (SSSR count). The first-order valence-corrected chi connectivity index (χ1v) is 9.45. The van der Waals surface area contributed by atoms with Crippen LogP contribution in [0.3, 0.4) is 0 Å². The summed E-state index contributed by atoms with van der Waals surface area (Å²) in [5, 5.41) is 11.0. The van der Waals surface area contributed by atoms with Gasteiger partial charge in [-0.25, -0.2) is 0 Å². The summed E-state index contributed by atoms with van der Waals surface area (Å²) in [6, 6.07) is 6.17. The lowest BCUT2D eigenvalue weighted by Crippen LogP contribution is -2.24. The number of hydrogen-bond donors (Lipinski definition) is 1. The van der Waals surface area contributed by atoms with Crippen molar-refractivity contribution in [3.8, 4) is 11.5 Å². The van der Waals surface area contributed by atoms with E-state index in [0.717, 1.165) is 11.4 Å². The van der Waals surface area contributed by atoms with Crippen molar-refractivity contribution >= 4 is 12.0 Å². The van der Waals surface area contributed by atoms with Gasteiger partial charge < -0.3 is 19.4 Å². The van der Waals surface area contributed by atoms with Crippen molar-refractivity contribution in [3.05, 3.63) is 42.0 Å². The van der Waals surface area contributed by atoms with E-state index >= 15 is 0 Å². The molecule has 1 N–H and O–H groups in total. The van der Waals surface area contributed by atoms with E-state index in [4.69, 9.17) is 9.47 Å². The van der Waals surface area contributed by atoms with E-state index in [-0.39, 0.29) is 5.91 Å². The molecule has 144 valence electrons. The monoisotopic (exact) mass is 370 g/mol. The van der Waals surface area contributed by atoms with Crippen molar-refractivity contribution in [1.29, 1.82) is 0 Å². The van der Waals surface area contributed by atoms with Crippen LogP contribution in [0.15, 0.2) is 30.6 Å². The fourth-order valence-electron chi connectivity index (χ4n) is 2.80. The van der Waals surface area contributed by atoms with Crippen LogP contribution >= 0.6 is 0 Å². The first-order chi connectivity index (χ1) is 13.2. The van der Waals surface area contributed by atoms with E-state index in [1.54, 1.807) is 12.4 Å². The number of hydrogen-bond acceptors (Lipinski definition) is 5. The van der Waals surface area contributed by atoms with Gasteiger partial charge in [0.15, 0.2) is 11.5 Å². The van der Waals surface area contributed by atoms with Gasteiger partial charge in [0.2, 0.25) is 5.91 Å². The number of carbonyl (C=O) groups excluding carboxylic acids is 1. The predicted molar refractivity (Wildman–Crippen MR) is 103 cm³/mol. The maximum absolute atomic E-state index is 12.1. The highest BCUT2D eigenvalue weighted by Crippen LogP contribution is 2.35. The number of amides is 1. The van der Waals surface area contributed by atoms with Crippen LogP contribution in [-0.2, 0) is 11.2 Å². The summed E-state index contributed by atoms with van der Waals surface area (Å²) < 4.78 is 13.3. The fourth-order valence-corrected chi connectivity index (χ4v) is 2.80. The van der Waals surface area contributed by atoms with E-state index in [1.165, 1.54) is 18.9 Å². The maximum Gasteiger partial charge on any atom is 0.244 e. The first-order valence-electron chi connectivity index (χ1n) is 9.45. The normalized spacial score (nSPS) is 13.7. The Morgan fingerprint density at radius 3 is 2.78 bits per heavy atom. The number of nitrogens with one attached hydrogen (secondary N) is 1. The fraction of sp³-hybridized carbons (Fsp3) is 0.450. The van der Waals surface area contributed by atoms with Crippen LogP contribution in [0.1, 0.15) is 44.1 Å². The third-order valence-corrected chi connectivity index (χ3v) is 4.23. The average Bonchev–Trinajstić information content (AvgIpc) is 3.41. The molecule has 1 aliphatic carbocycles. The molecule has 0 radical (unpaired) electrons. The molecule has 1 aliphatic rings. The summed E-state index contributed by atoms with van der Waals surface area (Å²) in [5.41, 5.74) is 0.880. The minimum atomic E-state index is -0.140. The number of nitrogens with zero attached hydrogens (tertiary/aromatic N) is 3. The highest BCUT2D eigenvalue weighted by molar-refractivity contribution is 5.91. The number of rotatable bonds is 10. The van der Waals surface area contributed by atoms with E-state index in [1.807, 2.05) is 32.0 Å². The topological polar surface area (TPSA) is 78.3 Å². The van der Waals surface area contributed by atoms with Crippen LogP contribution in [0.5, 0.6) is 11.5 Å². The molecule has 7 heteroatoms. The molecule has 1 amide bonds. The van der Waals surface area contributed by atoms with Crippen molar-refractivity contribution in [2.75, 3.05) is 19.8 Å². The molecular weight excluding hydrogens is 344 g/mol. The van der Waals surface area contributed by atoms with E-state index < -0.39 is 0 Å². The smallest absolute Gasteiger partial charge is 0.244 e. The molecule has 1 aromatic heterocycles. The van der Waals surface area contributed by atoms with Gasteiger partial charge in [-0.05, 0) is 50.5 Å². The van der Waals surface area contributed by atoms with Gasteiger partial charge in [-0.15, -0.1) is 10.2 Å². The highest BCUT2D eigenvalue weighted by Gasteiger charge is 2.25. The first kappa shape index (κ1) is 18.9. The molecule has 0 aliphatic heterocycles. The van der Waals surface area contributed by atoms with Crippen LogP contribution in [-0.4, -0.2) is 40.4 Å². The average molecular weight is 370 g/mol. The maximum atomic E-state index is 12.1. The van der Waals surface area contributed by atoms with E-state index in [9.17, 15) is 4.79 Å². The van der Waals surface area contributed by atoms with Gasteiger partial charge in [0.1, 0.15) is 12.2 Å². The van der Waals surface area contributed by atoms with Gasteiger partial charge >= 0.3 is 0 Å². The van der Waals surface area contributed by atoms with Crippen LogP contribution in [0.4, 0.5) is 0 Å². The number of aromatic nitrogens is 3. The molecule has 1 heterocycles. The van der Waals surface area contributed by atoms with Gasteiger partial charge in [0.25, 0.3) is 0 Å².